The van der Waals surface area contributed by atoms with Gasteiger partial charge in [0, 0.05) is 43.1 Å². The number of methoxy groups -OCH3 is 1. The summed E-state index contributed by atoms with van der Waals surface area (Å²) in [6, 6.07) is 11.8. The number of nitrogens with zero attached hydrogens (tertiary/aromatic N) is 1. The van der Waals surface area contributed by atoms with Crippen molar-refractivity contribution in [3.05, 3.63) is 70.3 Å². The largest absolute Gasteiger partial charge is 0.593 e. The Morgan fingerprint density at radius 3 is 2.73 bits per heavy atom. The molecule has 0 radical (unpaired) electrons. The van der Waals surface area contributed by atoms with Gasteiger partial charge in [0.15, 0.2) is 0 Å². The van der Waals surface area contributed by atoms with E-state index >= 15 is 0 Å². The molecule has 2 aliphatic heterocycles. The number of fused-ring (bicyclic) bond motifs is 2. The molecule has 2 aromatic rings. The Morgan fingerprint density at radius 1 is 1.15 bits per heavy atom. The lowest BCUT2D eigenvalue weighted by Crippen LogP contribution is -2.44. The molecular weight excluding hydrogens is 556 g/mol. The third-order valence-corrected chi connectivity index (χ3v) is 10.9. The first-order chi connectivity index (χ1) is 19.9. The summed E-state index contributed by atoms with van der Waals surface area (Å²) >= 11 is 4.94. The first kappa shape index (κ1) is 30.3. The van der Waals surface area contributed by atoms with Crippen molar-refractivity contribution in [3.63, 3.8) is 0 Å². The average molecular weight is 599 g/mol. The van der Waals surface area contributed by atoms with E-state index in [1.54, 1.807) is 13.2 Å². The van der Waals surface area contributed by atoms with Crippen LogP contribution in [-0.4, -0.2) is 48.6 Å². The number of carbonyl (C=O) groups excluding carboxylic acids is 1. The van der Waals surface area contributed by atoms with Gasteiger partial charge in [-0.1, -0.05) is 50.1 Å². The van der Waals surface area contributed by atoms with E-state index < -0.39 is 11.4 Å². The summed E-state index contributed by atoms with van der Waals surface area (Å²) in [6.45, 7) is 6.39. The van der Waals surface area contributed by atoms with E-state index in [9.17, 15) is 9.35 Å². The summed E-state index contributed by atoms with van der Waals surface area (Å²) in [5, 5.41) is 0.654. The minimum atomic E-state index is -1.47. The highest BCUT2D eigenvalue weighted by Crippen LogP contribution is 2.43. The zero-order valence-corrected chi connectivity index (χ0v) is 26.0. The van der Waals surface area contributed by atoms with Crippen LogP contribution in [0.5, 0.6) is 5.75 Å². The van der Waals surface area contributed by atoms with Crippen LogP contribution in [-0.2, 0) is 22.5 Å². The predicted molar refractivity (Wildman–Crippen MR) is 167 cm³/mol. The molecule has 222 valence electrons. The van der Waals surface area contributed by atoms with E-state index in [-0.39, 0.29) is 23.2 Å². The highest BCUT2D eigenvalue weighted by atomic mass is 35.5. The molecule has 6 atom stereocenters. The van der Waals surface area contributed by atoms with Crippen LogP contribution >= 0.6 is 11.6 Å². The van der Waals surface area contributed by atoms with Gasteiger partial charge in [0.2, 0.25) is 0 Å². The zero-order valence-electron chi connectivity index (χ0n) is 24.4. The Hall–Kier alpha value is -2.19. The fourth-order valence-corrected chi connectivity index (χ4v) is 7.91. The molecule has 1 fully saturated rings. The lowest BCUT2D eigenvalue weighted by Gasteiger charge is -2.43. The van der Waals surface area contributed by atoms with E-state index in [0.717, 1.165) is 74.5 Å². The summed E-state index contributed by atoms with van der Waals surface area (Å²) in [4.78, 5) is 15.7. The summed E-state index contributed by atoms with van der Waals surface area (Å²) in [7, 11) is 1.80. The number of nitrogens with one attached hydrogen (secondary N) is 1. The van der Waals surface area contributed by atoms with Crippen molar-refractivity contribution < 1.29 is 18.8 Å². The molecule has 1 amide bonds. The minimum absolute atomic E-state index is 0.0594. The third kappa shape index (κ3) is 6.90. The first-order valence-electron chi connectivity index (χ1n) is 15.1. The van der Waals surface area contributed by atoms with Crippen molar-refractivity contribution in [1.29, 1.82) is 0 Å². The number of ether oxygens (including phenoxy) is 2. The maximum atomic E-state index is 13.3. The van der Waals surface area contributed by atoms with Crippen LogP contribution < -0.4 is 14.4 Å². The monoisotopic (exact) mass is 598 g/mol. The molecule has 3 aliphatic rings. The van der Waals surface area contributed by atoms with Crippen LogP contribution in [0.25, 0.3) is 0 Å². The van der Waals surface area contributed by atoms with E-state index in [1.807, 2.05) is 25.1 Å². The molecule has 0 spiro atoms. The summed E-state index contributed by atoms with van der Waals surface area (Å²) in [5.41, 5.74) is 3.97. The number of benzene rings is 2. The molecule has 8 heteroatoms. The minimum Gasteiger partial charge on any atom is -0.593 e. The Morgan fingerprint density at radius 2 is 2.00 bits per heavy atom. The van der Waals surface area contributed by atoms with Crippen LogP contribution in [0.15, 0.2) is 48.6 Å². The second kappa shape index (κ2) is 13.9. The van der Waals surface area contributed by atoms with Crippen molar-refractivity contribution in [3.8, 4) is 5.75 Å². The number of rotatable bonds is 5. The second-order valence-corrected chi connectivity index (χ2v) is 13.6. The van der Waals surface area contributed by atoms with Gasteiger partial charge in [-0.05, 0) is 85.4 Å². The number of amides is 1. The van der Waals surface area contributed by atoms with Crippen molar-refractivity contribution >= 4 is 34.6 Å². The topological polar surface area (TPSA) is 73.9 Å². The summed E-state index contributed by atoms with van der Waals surface area (Å²) in [6.07, 6.45) is 11.0. The second-order valence-electron chi connectivity index (χ2n) is 11.7. The van der Waals surface area contributed by atoms with Gasteiger partial charge in [0.25, 0.3) is 5.91 Å². The van der Waals surface area contributed by atoms with Crippen molar-refractivity contribution in [2.75, 3.05) is 31.7 Å². The van der Waals surface area contributed by atoms with E-state index in [4.69, 9.17) is 21.1 Å². The van der Waals surface area contributed by atoms with Crippen LogP contribution in [0, 0.1) is 11.8 Å². The van der Waals surface area contributed by atoms with E-state index in [0.29, 0.717) is 24.0 Å². The number of hydrogen-bond donors (Lipinski definition) is 1. The number of anilines is 1. The fraction of sp³-hybridized carbons (Fsp3) is 0.545. The molecule has 5 rings (SSSR count). The Kier molecular flexibility index (Phi) is 10.2. The highest BCUT2D eigenvalue weighted by molar-refractivity contribution is 7.90. The molecule has 6 nitrogen and oxygen atoms in total. The molecular formula is C33H43ClN2O4S. The van der Waals surface area contributed by atoms with Gasteiger partial charge in [-0.2, -0.15) is 4.72 Å². The molecule has 2 heterocycles. The summed E-state index contributed by atoms with van der Waals surface area (Å²) < 4.78 is 28.3. The van der Waals surface area contributed by atoms with Gasteiger partial charge in [0.1, 0.15) is 11.0 Å². The van der Waals surface area contributed by atoms with Crippen molar-refractivity contribution in [1.82, 2.24) is 4.72 Å². The number of hydrogen-bond acceptors (Lipinski definition) is 5. The van der Waals surface area contributed by atoms with E-state index in [2.05, 4.69) is 40.8 Å². The number of aryl methyl sites for hydroxylation is 1. The first-order valence-corrected chi connectivity index (χ1v) is 16.7. The lowest BCUT2D eigenvalue weighted by atomic mass is 9.70. The van der Waals surface area contributed by atoms with Crippen LogP contribution in [0.3, 0.4) is 0 Å². The van der Waals surface area contributed by atoms with Gasteiger partial charge in [0.05, 0.1) is 29.8 Å². The van der Waals surface area contributed by atoms with Gasteiger partial charge < -0.3 is 18.9 Å². The molecule has 0 saturated heterocycles. The normalized spacial score (nSPS) is 29.4. The molecule has 2 bridgehead atoms. The van der Waals surface area contributed by atoms with Gasteiger partial charge in [-0.25, -0.2) is 0 Å². The zero-order chi connectivity index (χ0) is 28.9. The lowest BCUT2D eigenvalue weighted by molar-refractivity contribution is 0.0134. The Bertz CT molecular complexity index is 1240. The fourth-order valence-electron chi connectivity index (χ4n) is 6.60. The van der Waals surface area contributed by atoms with Crippen LogP contribution in [0.2, 0.25) is 5.02 Å². The van der Waals surface area contributed by atoms with Gasteiger partial charge >= 0.3 is 0 Å². The molecule has 0 aromatic heterocycles. The average Bonchev–Trinajstić information content (AvgIpc) is 3.13. The standard InChI is InChI=1S/C33H43ClN2O4S/c1-4-8-22-17-26(34)13-15-28(22)25-20-36-19-24-11-14-29(24)31(39-3)10-7-6-9-27(5-2)41(38)35-33(37)23-12-16-32(40-21-25)30(36)18-23/h7,10,12-13,15-18,24-25,27,29,31H,4-6,8-9,11,14,19-21H2,1-3H3,(H,35,37)/b10-7+. The molecule has 1 aliphatic carbocycles. The van der Waals surface area contributed by atoms with Crippen LogP contribution in [0.4, 0.5) is 5.69 Å². The van der Waals surface area contributed by atoms with Gasteiger partial charge in [-0.15, -0.1) is 0 Å². The Labute approximate surface area is 253 Å². The maximum absolute atomic E-state index is 13.3. The van der Waals surface area contributed by atoms with Gasteiger partial charge in [-0.3, -0.25) is 4.79 Å². The molecule has 1 saturated carbocycles. The molecule has 6 unspecified atom stereocenters. The third-order valence-electron chi connectivity index (χ3n) is 9.06. The van der Waals surface area contributed by atoms with E-state index in [1.165, 1.54) is 11.1 Å². The maximum Gasteiger partial charge on any atom is 0.292 e. The van der Waals surface area contributed by atoms with Crippen LogP contribution in [0.1, 0.15) is 79.8 Å². The molecule has 1 N–H and O–H groups in total. The van der Waals surface area contributed by atoms with Crippen molar-refractivity contribution in [2.45, 2.75) is 76.1 Å². The highest BCUT2D eigenvalue weighted by Gasteiger charge is 2.39. The summed E-state index contributed by atoms with van der Waals surface area (Å²) in [5.74, 6) is 1.53. The quantitative estimate of drug-likeness (QED) is 0.301. The number of carbonyl (C=O) groups is 1. The smallest absolute Gasteiger partial charge is 0.292 e. The SMILES string of the molecule is CCCc1cc(Cl)ccc1C1COc2ccc3cc2N(C1)CC1CCC1C(OC)/C=C/CCC(CC)[S+]([O-])NC3=O. The van der Waals surface area contributed by atoms with Crippen molar-refractivity contribution in [2.24, 2.45) is 11.8 Å². The predicted octanol–water partition coefficient (Wildman–Crippen LogP) is 6.84. The molecule has 41 heavy (non-hydrogen) atoms. The number of allylic oxidation sites excluding steroid dienone is 1. The molecule has 2 aromatic carbocycles. The number of halogens is 1. The Balaban J connectivity index is 1.52.